The fraction of sp³-hybridized carbons (Fsp3) is 0. The van der Waals surface area contributed by atoms with Crippen LogP contribution in [0.15, 0.2) is 24.4 Å². The fourth-order valence-electron chi connectivity index (χ4n) is 0.398. The third-order valence-corrected chi connectivity index (χ3v) is 0.726. The largest absolute Gasteiger partial charge is 0.296 e. The zero-order valence-electron chi connectivity index (χ0n) is 5.08. The molecule has 0 N–H and O–H groups in total. The Kier molecular flexibility index (Phi) is 7.87. The summed E-state index contributed by atoms with van der Waals surface area (Å²) in [6.45, 7) is 3.61. The van der Waals surface area contributed by atoms with Crippen LogP contribution in [0, 0.1) is 6.92 Å². The predicted octanol–water partition coefficient (Wildman–Crippen LogP) is 1.68. The quantitative estimate of drug-likeness (QED) is 0.452. The molecule has 3 heteroatoms. The standard InChI is InChI=1S/C6H6N.ClH.Zn/c1-6-4-2-3-5-7-6;;/h2-5H,1H2;1H;/q-1;;. The maximum absolute atomic E-state index is 3.87. The second-order valence-electron chi connectivity index (χ2n) is 1.32. The average Bonchev–Trinajstić information content (AvgIpc) is 1.69. The van der Waals surface area contributed by atoms with E-state index in [1.807, 2.05) is 18.2 Å². The van der Waals surface area contributed by atoms with Gasteiger partial charge in [-0.1, -0.05) is 6.07 Å². The van der Waals surface area contributed by atoms with Gasteiger partial charge in [0.2, 0.25) is 0 Å². The monoisotopic (exact) mass is 192 g/mol. The Balaban J connectivity index is 0. The van der Waals surface area contributed by atoms with E-state index in [1.165, 1.54) is 0 Å². The molecule has 0 radical (unpaired) electrons. The number of rotatable bonds is 0. The van der Waals surface area contributed by atoms with E-state index in [0.29, 0.717) is 0 Å². The predicted molar refractivity (Wildman–Crippen MR) is 35.9 cm³/mol. The van der Waals surface area contributed by atoms with Crippen molar-refractivity contribution >= 4 is 12.4 Å². The minimum atomic E-state index is 0. The molecule has 0 saturated heterocycles. The van der Waals surface area contributed by atoms with Gasteiger partial charge in [0.25, 0.3) is 0 Å². The molecule has 1 nitrogen and oxygen atoms in total. The van der Waals surface area contributed by atoms with E-state index in [0.717, 1.165) is 5.69 Å². The first-order valence-corrected chi connectivity index (χ1v) is 2.12. The number of aromatic nitrogens is 1. The van der Waals surface area contributed by atoms with E-state index in [9.17, 15) is 0 Å². The summed E-state index contributed by atoms with van der Waals surface area (Å²) < 4.78 is 0. The number of pyridine rings is 1. The molecule has 0 amide bonds. The number of hydrogen-bond acceptors (Lipinski definition) is 1. The van der Waals surface area contributed by atoms with Crippen LogP contribution >= 0.6 is 12.4 Å². The van der Waals surface area contributed by atoms with Gasteiger partial charge in [-0.2, -0.15) is 6.07 Å². The molecular formula is C6H7ClNZn-. The smallest absolute Gasteiger partial charge is 0.0222 e. The van der Waals surface area contributed by atoms with E-state index >= 15 is 0 Å². The third kappa shape index (κ3) is 4.44. The van der Waals surface area contributed by atoms with E-state index in [1.54, 1.807) is 6.20 Å². The Morgan fingerprint density at radius 3 is 2.22 bits per heavy atom. The molecule has 0 saturated carbocycles. The molecule has 46 valence electrons. The molecule has 0 aliphatic carbocycles. The first-order valence-electron chi connectivity index (χ1n) is 2.12. The van der Waals surface area contributed by atoms with Crippen molar-refractivity contribution in [1.29, 1.82) is 0 Å². The summed E-state index contributed by atoms with van der Waals surface area (Å²) >= 11 is 0. The van der Waals surface area contributed by atoms with E-state index in [2.05, 4.69) is 11.9 Å². The van der Waals surface area contributed by atoms with Gasteiger partial charge < -0.3 is 0 Å². The normalized spacial score (nSPS) is 6.67. The number of halogens is 1. The summed E-state index contributed by atoms with van der Waals surface area (Å²) in [5.41, 5.74) is 0.822. The van der Waals surface area contributed by atoms with Crippen LogP contribution in [0.25, 0.3) is 0 Å². The van der Waals surface area contributed by atoms with E-state index < -0.39 is 0 Å². The van der Waals surface area contributed by atoms with Gasteiger partial charge in [0, 0.05) is 25.7 Å². The topological polar surface area (TPSA) is 12.9 Å². The Bertz CT molecular complexity index is 143. The average molecular weight is 194 g/mol. The van der Waals surface area contributed by atoms with Crippen molar-refractivity contribution in [2.45, 2.75) is 0 Å². The van der Waals surface area contributed by atoms with Crippen LogP contribution in [0.3, 0.4) is 0 Å². The van der Waals surface area contributed by atoms with Crippen molar-refractivity contribution in [2.75, 3.05) is 0 Å². The summed E-state index contributed by atoms with van der Waals surface area (Å²) in [6.07, 6.45) is 1.72. The summed E-state index contributed by atoms with van der Waals surface area (Å²) in [6, 6.07) is 5.64. The molecule has 1 aromatic rings. The minimum absolute atomic E-state index is 0. The van der Waals surface area contributed by atoms with Crippen molar-refractivity contribution in [3.63, 3.8) is 0 Å². The first-order chi connectivity index (χ1) is 3.39. The maximum atomic E-state index is 3.87. The molecule has 0 unspecified atom stereocenters. The third-order valence-electron chi connectivity index (χ3n) is 0.726. The SMILES string of the molecule is Cl.[CH2-]c1ccccn1.[Zn]. The second-order valence-corrected chi connectivity index (χ2v) is 1.32. The molecule has 0 spiro atoms. The molecule has 1 rings (SSSR count). The van der Waals surface area contributed by atoms with Gasteiger partial charge in [-0.3, -0.25) is 4.98 Å². The molecule has 0 aliphatic rings. The summed E-state index contributed by atoms with van der Waals surface area (Å²) in [4.78, 5) is 3.87. The van der Waals surface area contributed by atoms with Crippen LogP contribution in [0.4, 0.5) is 0 Å². The Labute approximate surface area is 74.1 Å². The summed E-state index contributed by atoms with van der Waals surface area (Å²) in [5, 5.41) is 0. The first kappa shape index (κ1) is 11.7. The summed E-state index contributed by atoms with van der Waals surface area (Å²) in [7, 11) is 0. The summed E-state index contributed by atoms with van der Waals surface area (Å²) in [5.74, 6) is 0. The molecule has 9 heavy (non-hydrogen) atoms. The minimum Gasteiger partial charge on any atom is -0.296 e. The molecule has 1 heterocycles. The van der Waals surface area contributed by atoms with Crippen LogP contribution in [0.2, 0.25) is 0 Å². The molecule has 0 fully saturated rings. The molecule has 1 aromatic heterocycles. The fourth-order valence-corrected chi connectivity index (χ4v) is 0.398. The van der Waals surface area contributed by atoms with Gasteiger partial charge in [-0.15, -0.1) is 24.2 Å². The molecule has 0 bridgehead atoms. The van der Waals surface area contributed by atoms with Crippen LogP contribution in [-0.2, 0) is 19.5 Å². The Morgan fingerprint density at radius 1 is 1.33 bits per heavy atom. The van der Waals surface area contributed by atoms with Crippen LogP contribution in [0.1, 0.15) is 5.69 Å². The van der Waals surface area contributed by atoms with E-state index in [-0.39, 0.29) is 31.9 Å². The van der Waals surface area contributed by atoms with Crippen molar-refractivity contribution in [3.8, 4) is 0 Å². The van der Waals surface area contributed by atoms with Crippen molar-refractivity contribution < 1.29 is 19.5 Å². The number of hydrogen-bond donors (Lipinski definition) is 0. The van der Waals surface area contributed by atoms with Gasteiger partial charge in [0.1, 0.15) is 0 Å². The molecular weight excluding hydrogens is 187 g/mol. The molecule has 0 atom stereocenters. The van der Waals surface area contributed by atoms with Crippen LogP contribution in [0.5, 0.6) is 0 Å². The van der Waals surface area contributed by atoms with Crippen LogP contribution < -0.4 is 0 Å². The molecule has 0 aromatic carbocycles. The molecule has 0 aliphatic heterocycles. The zero-order chi connectivity index (χ0) is 5.11. The second kappa shape index (κ2) is 6.06. The van der Waals surface area contributed by atoms with Crippen molar-refractivity contribution in [2.24, 2.45) is 0 Å². The zero-order valence-corrected chi connectivity index (χ0v) is 8.86. The Hall–Kier alpha value is -0.0666. The van der Waals surface area contributed by atoms with Crippen LogP contribution in [-0.4, -0.2) is 4.98 Å². The van der Waals surface area contributed by atoms with Gasteiger partial charge in [0.05, 0.1) is 0 Å². The van der Waals surface area contributed by atoms with Crippen molar-refractivity contribution in [3.05, 3.63) is 37.0 Å². The van der Waals surface area contributed by atoms with Gasteiger partial charge in [-0.25, -0.2) is 6.92 Å². The van der Waals surface area contributed by atoms with E-state index in [4.69, 9.17) is 0 Å². The Morgan fingerprint density at radius 2 is 2.00 bits per heavy atom. The maximum Gasteiger partial charge on any atom is 0.0222 e. The van der Waals surface area contributed by atoms with Gasteiger partial charge in [0.15, 0.2) is 0 Å². The van der Waals surface area contributed by atoms with Gasteiger partial charge >= 0.3 is 0 Å². The number of nitrogens with zero attached hydrogens (tertiary/aromatic N) is 1. The van der Waals surface area contributed by atoms with Crippen molar-refractivity contribution in [1.82, 2.24) is 4.98 Å². The van der Waals surface area contributed by atoms with Gasteiger partial charge in [-0.05, 0) is 0 Å².